The van der Waals surface area contributed by atoms with Gasteiger partial charge < -0.3 is 15.5 Å². The summed E-state index contributed by atoms with van der Waals surface area (Å²) in [5, 5.41) is 6.71. The van der Waals surface area contributed by atoms with Crippen molar-refractivity contribution in [1.29, 1.82) is 0 Å². The fraction of sp³-hybridized carbons (Fsp3) is 0.632. The molecule has 1 aromatic carbocycles. The smallest absolute Gasteiger partial charge is 0.190 e. The number of nitrogens with zero attached hydrogens (tertiary/aromatic N) is 2. The number of hydrogen-bond acceptors (Lipinski definition) is 2. The van der Waals surface area contributed by atoms with Crippen LogP contribution in [0.15, 0.2) is 23.2 Å². The summed E-state index contributed by atoms with van der Waals surface area (Å²) in [5.41, 5.74) is 0.748. The molecule has 1 aromatic rings. The van der Waals surface area contributed by atoms with Crippen molar-refractivity contribution < 1.29 is 8.78 Å². The van der Waals surface area contributed by atoms with Gasteiger partial charge in [-0.15, -0.1) is 0 Å². The van der Waals surface area contributed by atoms with Crippen molar-refractivity contribution in [1.82, 2.24) is 10.6 Å². The van der Waals surface area contributed by atoms with Crippen LogP contribution in [0.1, 0.15) is 33.1 Å². The molecular formula is C19H30F2N4. The van der Waals surface area contributed by atoms with Crippen molar-refractivity contribution in [3.8, 4) is 0 Å². The van der Waals surface area contributed by atoms with Crippen molar-refractivity contribution in [3.05, 3.63) is 29.8 Å². The van der Waals surface area contributed by atoms with Crippen molar-refractivity contribution in [2.75, 3.05) is 38.1 Å². The standard InChI is InChI=1S/C19H30F2N4/c1-14(2)5-4-9-23-19(22-3)24-12-15-8-10-25(13-15)16-6-7-17(20)18(21)11-16/h6-7,11,14-15H,4-5,8-10,12-13H2,1-3H3,(H2,22,23,24). The number of rotatable bonds is 7. The maximum Gasteiger partial charge on any atom is 0.190 e. The Hall–Kier alpha value is -1.85. The summed E-state index contributed by atoms with van der Waals surface area (Å²) in [6, 6.07) is 4.11. The van der Waals surface area contributed by atoms with Gasteiger partial charge in [0.2, 0.25) is 0 Å². The van der Waals surface area contributed by atoms with E-state index < -0.39 is 11.6 Å². The van der Waals surface area contributed by atoms with Gasteiger partial charge in [0.15, 0.2) is 17.6 Å². The normalized spacial score (nSPS) is 18.1. The monoisotopic (exact) mass is 352 g/mol. The maximum atomic E-state index is 13.4. The highest BCUT2D eigenvalue weighted by molar-refractivity contribution is 5.79. The Balaban J connectivity index is 1.73. The van der Waals surface area contributed by atoms with Crippen LogP contribution in [0.4, 0.5) is 14.5 Å². The predicted octanol–water partition coefficient (Wildman–Crippen LogP) is 3.39. The number of halogens is 2. The summed E-state index contributed by atoms with van der Waals surface area (Å²) in [4.78, 5) is 6.36. The number of nitrogens with one attached hydrogen (secondary N) is 2. The Labute approximate surface area is 149 Å². The molecule has 0 spiro atoms. The zero-order valence-corrected chi connectivity index (χ0v) is 15.5. The molecule has 0 amide bonds. The second-order valence-electron chi connectivity index (χ2n) is 7.12. The van der Waals surface area contributed by atoms with Gasteiger partial charge in [-0.2, -0.15) is 0 Å². The number of aliphatic imine (C=N–C) groups is 1. The van der Waals surface area contributed by atoms with Crippen LogP contribution in [-0.2, 0) is 0 Å². The third-order valence-electron chi connectivity index (χ3n) is 4.59. The number of guanidine groups is 1. The predicted molar refractivity (Wildman–Crippen MR) is 100 cm³/mol. The van der Waals surface area contributed by atoms with E-state index >= 15 is 0 Å². The fourth-order valence-corrected chi connectivity index (χ4v) is 3.09. The largest absolute Gasteiger partial charge is 0.371 e. The molecule has 1 saturated heterocycles. The van der Waals surface area contributed by atoms with E-state index in [0.717, 1.165) is 56.6 Å². The van der Waals surface area contributed by atoms with Gasteiger partial charge >= 0.3 is 0 Å². The van der Waals surface area contributed by atoms with Gasteiger partial charge in [0.1, 0.15) is 0 Å². The summed E-state index contributed by atoms with van der Waals surface area (Å²) < 4.78 is 26.4. The third kappa shape index (κ3) is 6.18. The van der Waals surface area contributed by atoms with E-state index in [0.29, 0.717) is 5.92 Å². The second kappa shape index (κ2) is 9.59. The van der Waals surface area contributed by atoms with Crippen LogP contribution >= 0.6 is 0 Å². The topological polar surface area (TPSA) is 39.7 Å². The highest BCUT2D eigenvalue weighted by Crippen LogP contribution is 2.24. The minimum Gasteiger partial charge on any atom is -0.371 e. The SMILES string of the molecule is CN=C(NCCCC(C)C)NCC1CCN(c2ccc(F)c(F)c2)C1. The molecular weight excluding hydrogens is 322 g/mol. The number of hydrogen-bond donors (Lipinski definition) is 2. The first-order valence-corrected chi connectivity index (χ1v) is 9.14. The van der Waals surface area contributed by atoms with Crippen molar-refractivity contribution >= 4 is 11.6 Å². The molecule has 1 unspecified atom stereocenters. The van der Waals surface area contributed by atoms with Crippen molar-refractivity contribution in [2.45, 2.75) is 33.1 Å². The first kappa shape index (κ1) is 19.5. The molecule has 6 heteroatoms. The van der Waals surface area contributed by atoms with Crippen LogP contribution < -0.4 is 15.5 Å². The summed E-state index contributed by atoms with van der Waals surface area (Å²) in [6.45, 7) is 7.89. The van der Waals surface area contributed by atoms with Crippen LogP contribution in [-0.4, -0.2) is 39.2 Å². The minimum atomic E-state index is -0.798. The molecule has 0 aliphatic carbocycles. The van der Waals surface area contributed by atoms with E-state index in [2.05, 4.69) is 34.4 Å². The van der Waals surface area contributed by atoms with Gasteiger partial charge in [0, 0.05) is 45.0 Å². The van der Waals surface area contributed by atoms with Gasteiger partial charge in [-0.3, -0.25) is 4.99 Å². The highest BCUT2D eigenvalue weighted by atomic mass is 19.2. The molecule has 1 aliphatic rings. The van der Waals surface area contributed by atoms with Crippen LogP contribution in [0.5, 0.6) is 0 Å². The molecule has 1 atom stereocenters. The van der Waals surface area contributed by atoms with E-state index in [1.54, 1.807) is 13.1 Å². The van der Waals surface area contributed by atoms with E-state index in [4.69, 9.17) is 0 Å². The van der Waals surface area contributed by atoms with Crippen LogP contribution in [0.2, 0.25) is 0 Å². The quantitative estimate of drug-likeness (QED) is 0.449. The lowest BCUT2D eigenvalue weighted by Crippen LogP contribution is -2.40. The lowest BCUT2D eigenvalue weighted by atomic mass is 10.1. The first-order valence-electron chi connectivity index (χ1n) is 9.14. The Morgan fingerprint density at radius 3 is 2.76 bits per heavy atom. The van der Waals surface area contributed by atoms with Crippen molar-refractivity contribution in [2.24, 2.45) is 16.8 Å². The number of anilines is 1. The molecule has 1 aliphatic heterocycles. The van der Waals surface area contributed by atoms with Gasteiger partial charge in [0.05, 0.1) is 0 Å². The van der Waals surface area contributed by atoms with Crippen LogP contribution in [0, 0.1) is 23.5 Å². The lowest BCUT2D eigenvalue weighted by molar-refractivity contribution is 0.508. The summed E-state index contributed by atoms with van der Waals surface area (Å²) >= 11 is 0. The van der Waals surface area contributed by atoms with Gasteiger partial charge in [-0.05, 0) is 43.2 Å². The molecule has 0 aromatic heterocycles. The first-order chi connectivity index (χ1) is 12.0. The molecule has 140 valence electrons. The molecule has 0 saturated carbocycles. The molecule has 0 bridgehead atoms. The van der Waals surface area contributed by atoms with Crippen molar-refractivity contribution in [3.63, 3.8) is 0 Å². The summed E-state index contributed by atoms with van der Waals surface area (Å²) in [6.07, 6.45) is 3.36. The molecule has 2 rings (SSSR count). The maximum absolute atomic E-state index is 13.4. The Kier molecular flexibility index (Phi) is 7.47. The van der Waals surface area contributed by atoms with E-state index in [1.807, 2.05) is 0 Å². The fourth-order valence-electron chi connectivity index (χ4n) is 3.09. The zero-order chi connectivity index (χ0) is 18.2. The highest BCUT2D eigenvalue weighted by Gasteiger charge is 2.23. The molecule has 25 heavy (non-hydrogen) atoms. The average Bonchev–Trinajstić information content (AvgIpc) is 3.05. The molecule has 2 N–H and O–H groups in total. The molecule has 0 radical (unpaired) electrons. The zero-order valence-electron chi connectivity index (χ0n) is 15.5. The number of benzene rings is 1. The second-order valence-corrected chi connectivity index (χ2v) is 7.12. The third-order valence-corrected chi connectivity index (χ3v) is 4.59. The van der Waals surface area contributed by atoms with Gasteiger partial charge in [-0.1, -0.05) is 13.8 Å². The Bertz CT molecular complexity index is 575. The Morgan fingerprint density at radius 2 is 2.08 bits per heavy atom. The minimum absolute atomic E-state index is 0.460. The van der Waals surface area contributed by atoms with E-state index in [9.17, 15) is 8.78 Å². The van der Waals surface area contributed by atoms with Crippen LogP contribution in [0.25, 0.3) is 0 Å². The Morgan fingerprint density at radius 1 is 1.28 bits per heavy atom. The summed E-state index contributed by atoms with van der Waals surface area (Å²) in [7, 11) is 1.78. The lowest BCUT2D eigenvalue weighted by Gasteiger charge is -2.19. The molecule has 1 fully saturated rings. The van der Waals surface area contributed by atoms with Gasteiger partial charge in [-0.25, -0.2) is 8.78 Å². The molecule has 1 heterocycles. The van der Waals surface area contributed by atoms with Crippen LogP contribution in [0.3, 0.4) is 0 Å². The molecule has 4 nitrogen and oxygen atoms in total. The average molecular weight is 352 g/mol. The van der Waals surface area contributed by atoms with Gasteiger partial charge in [0.25, 0.3) is 0 Å². The van der Waals surface area contributed by atoms with E-state index in [1.165, 1.54) is 18.6 Å². The summed E-state index contributed by atoms with van der Waals surface area (Å²) in [5.74, 6) is 0.425. The van der Waals surface area contributed by atoms with E-state index in [-0.39, 0.29) is 0 Å².